The van der Waals surface area contributed by atoms with Gasteiger partial charge >= 0.3 is 65.1 Å². The van der Waals surface area contributed by atoms with E-state index in [4.69, 9.17) is 10.6 Å². The van der Waals surface area contributed by atoms with E-state index in [1.165, 1.54) is 40.4 Å². The molecule has 16 nitrogen and oxygen atoms in total. The quantitative estimate of drug-likeness (QED) is 0.0423. The standard InChI is InChI=1S/C21H18N8O8S4.2Na.2H/c22-21-24-10(7-40-21)14(26-37-4-9-1-11(30)12(31)3-28(9)36)17(32)25-15-18(33)29-16(20(34)35)8(6-39-19(15)29)5-38-13-2-23-27-41-13;;;;/h1-3,7,15,19,31,36H,4-6H2,(H2,22,24)(H,25,32)(H,34,35);;;;/b26-14-;;;;/t15-,19-;;;;/m1..../s1. The first-order chi connectivity index (χ1) is 19.6. The summed E-state index contributed by atoms with van der Waals surface area (Å²) in [6.45, 7) is -0.470. The molecule has 0 spiro atoms. The Morgan fingerprint density at radius 1 is 1.30 bits per heavy atom. The Balaban J connectivity index is 0.00000253. The number of hydrogen-bond donors (Lipinski definition) is 5. The number of carbonyl (C=O) groups is 3. The molecule has 0 aromatic carbocycles. The topological polar surface area (TPSA) is 235 Å². The van der Waals surface area contributed by atoms with Gasteiger partial charge in [0, 0.05) is 23.0 Å². The van der Waals surface area contributed by atoms with Crippen molar-refractivity contribution >= 4 is 134 Å². The molecule has 218 valence electrons. The van der Waals surface area contributed by atoms with E-state index in [-0.39, 0.29) is 87.0 Å². The van der Waals surface area contributed by atoms with Gasteiger partial charge in [0.2, 0.25) is 5.43 Å². The number of fused-ring (bicyclic) bond motifs is 1. The van der Waals surface area contributed by atoms with Gasteiger partial charge in [0.15, 0.2) is 23.2 Å². The van der Waals surface area contributed by atoms with Crippen molar-refractivity contribution in [3.8, 4) is 5.75 Å². The molecule has 2 amide bonds. The second-order valence-corrected chi connectivity index (χ2v) is 12.3. The predicted octanol–water partition coefficient (Wildman–Crippen LogP) is -1.16. The molecule has 1 saturated heterocycles. The van der Waals surface area contributed by atoms with Crippen molar-refractivity contribution < 1.29 is 34.6 Å². The van der Waals surface area contributed by atoms with Crippen LogP contribution in [-0.4, -0.2) is 145 Å². The number of thiazole rings is 1. The third-order valence-electron chi connectivity index (χ3n) is 5.70. The van der Waals surface area contributed by atoms with Crippen LogP contribution in [0.4, 0.5) is 5.13 Å². The minimum absolute atomic E-state index is 0. The summed E-state index contributed by atoms with van der Waals surface area (Å²) >= 11 is 4.88. The second-order valence-electron chi connectivity index (χ2n) is 8.29. The Labute approximate surface area is 302 Å². The minimum atomic E-state index is -1.25. The Morgan fingerprint density at radius 2 is 2.07 bits per heavy atom. The number of aliphatic carboxylic acids is 1. The number of carboxylic acid groups (broad SMARTS) is 1. The van der Waals surface area contributed by atoms with Gasteiger partial charge in [-0.15, -0.1) is 40.0 Å². The zero-order chi connectivity index (χ0) is 29.3. The molecule has 5 rings (SSSR count). The fourth-order valence-corrected chi connectivity index (χ4v) is 7.27. The molecule has 6 N–H and O–H groups in total. The van der Waals surface area contributed by atoms with E-state index in [0.717, 1.165) is 32.7 Å². The van der Waals surface area contributed by atoms with E-state index in [0.29, 0.717) is 21.8 Å². The number of nitrogens with two attached hydrogens (primary N) is 1. The Bertz CT molecular complexity index is 1650. The summed E-state index contributed by atoms with van der Waals surface area (Å²) in [5, 5.41) is 40.1. The number of amides is 2. The van der Waals surface area contributed by atoms with E-state index in [9.17, 15) is 34.6 Å². The number of carbonyl (C=O) groups excluding carboxylic acids is 2. The molecular formula is C21H20N8Na2O8S4. The third-order valence-corrected chi connectivity index (χ3v) is 9.64. The van der Waals surface area contributed by atoms with Gasteiger partial charge in [-0.05, 0) is 17.1 Å². The summed E-state index contributed by atoms with van der Waals surface area (Å²) < 4.78 is 5.04. The molecular weight excluding hydrogens is 667 g/mol. The van der Waals surface area contributed by atoms with Crippen molar-refractivity contribution in [3.63, 3.8) is 0 Å². The summed E-state index contributed by atoms with van der Waals surface area (Å²) in [6, 6.07) is -0.135. The summed E-state index contributed by atoms with van der Waals surface area (Å²) in [7, 11) is 0. The maximum absolute atomic E-state index is 13.2. The number of thioether (sulfide) groups is 2. The molecule has 0 unspecified atom stereocenters. The van der Waals surface area contributed by atoms with Crippen LogP contribution in [-0.2, 0) is 25.8 Å². The number of pyridine rings is 1. The first kappa shape index (κ1) is 35.3. The maximum atomic E-state index is 13.2. The summed E-state index contributed by atoms with van der Waals surface area (Å²) in [5.41, 5.74) is 4.98. The van der Waals surface area contributed by atoms with E-state index in [1.807, 2.05) is 0 Å². The number of β-lactam (4-membered cyclic amide) rings is 1. The average molecular weight is 687 g/mol. The Morgan fingerprint density at radius 3 is 2.72 bits per heavy atom. The molecule has 0 aliphatic carbocycles. The number of oxime groups is 1. The fraction of sp³-hybridized carbons (Fsp3) is 0.238. The molecule has 2 aliphatic rings. The SMILES string of the molecule is Nc1nc(/C(=N/OCc2cc(=O)c(O)cn2O)C(=O)N[C@@H]2C(=O)N3C(C(=O)O)=C(CSc4cnns4)CS[C@H]23)cs1.[NaH].[NaH]. The molecule has 0 radical (unpaired) electrons. The van der Waals surface area contributed by atoms with Crippen molar-refractivity contribution in [2.45, 2.75) is 22.2 Å². The van der Waals surface area contributed by atoms with Gasteiger partial charge in [-0.25, -0.2) is 9.78 Å². The van der Waals surface area contributed by atoms with Gasteiger partial charge < -0.3 is 31.3 Å². The molecule has 2 aliphatic heterocycles. The van der Waals surface area contributed by atoms with E-state index >= 15 is 0 Å². The monoisotopic (exact) mass is 686 g/mol. The Kier molecular flexibility index (Phi) is 12.5. The van der Waals surface area contributed by atoms with Crippen LogP contribution < -0.4 is 16.5 Å². The van der Waals surface area contributed by atoms with Crippen LogP contribution in [0, 0.1) is 0 Å². The molecule has 43 heavy (non-hydrogen) atoms. The molecule has 0 saturated carbocycles. The molecule has 3 aromatic rings. The molecule has 5 heterocycles. The van der Waals surface area contributed by atoms with Crippen molar-refractivity contribution in [3.05, 3.63) is 56.7 Å². The number of nitrogen functional groups attached to an aromatic ring is 1. The fourth-order valence-electron chi connectivity index (χ4n) is 3.81. The molecule has 22 heteroatoms. The van der Waals surface area contributed by atoms with Gasteiger partial charge in [-0.2, -0.15) is 4.73 Å². The molecule has 0 bridgehead atoms. The number of rotatable bonds is 10. The summed E-state index contributed by atoms with van der Waals surface area (Å²) in [6.07, 6.45) is 2.34. The van der Waals surface area contributed by atoms with Crippen LogP contribution in [0.15, 0.2) is 49.3 Å². The zero-order valence-corrected chi connectivity index (χ0v) is 23.6. The number of aromatic nitrogens is 4. The summed E-state index contributed by atoms with van der Waals surface area (Å²) in [5.74, 6) is -2.74. The van der Waals surface area contributed by atoms with E-state index < -0.39 is 47.0 Å². The van der Waals surface area contributed by atoms with Gasteiger partial charge in [-0.1, -0.05) is 9.64 Å². The number of nitrogens with one attached hydrogen (secondary N) is 1. The van der Waals surface area contributed by atoms with Crippen molar-refractivity contribution in [1.29, 1.82) is 0 Å². The van der Waals surface area contributed by atoms with E-state index in [2.05, 4.69) is 25.0 Å². The van der Waals surface area contributed by atoms with Crippen LogP contribution in [0.1, 0.15) is 11.4 Å². The first-order valence-electron chi connectivity index (χ1n) is 11.3. The van der Waals surface area contributed by atoms with Crippen molar-refractivity contribution in [2.75, 3.05) is 17.2 Å². The van der Waals surface area contributed by atoms with Crippen molar-refractivity contribution in [2.24, 2.45) is 5.16 Å². The number of carboxylic acids is 1. The van der Waals surface area contributed by atoms with E-state index in [1.54, 1.807) is 6.20 Å². The van der Waals surface area contributed by atoms with Gasteiger partial charge in [-0.3, -0.25) is 19.3 Å². The number of aromatic hydroxyl groups is 1. The molecule has 1 fully saturated rings. The predicted molar refractivity (Wildman–Crippen MR) is 162 cm³/mol. The van der Waals surface area contributed by atoms with Gasteiger partial charge in [0.05, 0.1) is 12.4 Å². The molecule has 3 aromatic heterocycles. The average Bonchev–Trinajstić information content (AvgIpc) is 3.62. The van der Waals surface area contributed by atoms with Gasteiger partial charge in [0.25, 0.3) is 11.8 Å². The number of nitrogens with zero attached hydrogens (tertiary/aromatic N) is 6. The van der Waals surface area contributed by atoms with Crippen LogP contribution in [0.5, 0.6) is 5.75 Å². The molecule has 2 atom stereocenters. The third kappa shape index (κ3) is 7.75. The number of anilines is 1. The number of hydrogen-bond acceptors (Lipinski definition) is 16. The summed E-state index contributed by atoms with van der Waals surface area (Å²) in [4.78, 5) is 60.4. The van der Waals surface area contributed by atoms with Crippen LogP contribution in [0.25, 0.3) is 0 Å². The first-order valence-corrected chi connectivity index (χ1v) is 15.0. The zero-order valence-electron chi connectivity index (χ0n) is 20.4. The van der Waals surface area contributed by atoms with Crippen LogP contribution in [0.3, 0.4) is 0 Å². The van der Waals surface area contributed by atoms with Gasteiger partial charge in [0.1, 0.15) is 32.7 Å². The normalized spacial score (nSPS) is 17.7. The van der Waals surface area contributed by atoms with Crippen molar-refractivity contribution in [1.82, 2.24) is 29.5 Å². The van der Waals surface area contributed by atoms with Crippen LogP contribution >= 0.6 is 46.4 Å². The van der Waals surface area contributed by atoms with Crippen LogP contribution in [0.2, 0.25) is 0 Å². The Hall–Kier alpha value is -2.14. The second kappa shape index (κ2) is 15.2.